The molecule has 1 heterocycles. The Morgan fingerprint density at radius 3 is 1.96 bits per heavy atom. The van der Waals surface area contributed by atoms with E-state index in [1.807, 2.05) is 0 Å². The molecule has 0 spiro atoms. The number of fused-ring (bicyclic) bond motifs is 5. The van der Waals surface area contributed by atoms with Crippen LogP contribution in [0.1, 0.15) is 32.1 Å². The predicted molar refractivity (Wildman–Crippen MR) is 92.1 cm³/mol. The molecule has 4 atom stereocenters. The van der Waals surface area contributed by atoms with Gasteiger partial charge in [0.2, 0.25) is 11.8 Å². The number of benzene rings is 1. The Hall–Kier alpha value is -2.23. The zero-order valence-electron chi connectivity index (χ0n) is 14.0. The minimum atomic E-state index is -0.367. The Morgan fingerprint density at radius 1 is 0.840 bits per heavy atom. The monoisotopic (exact) mass is 337 g/mol. The summed E-state index contributed by atoms with van der Waals surface area (Å²) in [5.41, 5.74) is 3.35. The summed E-state index contributed by atoms with van der Waals surface area (Å²) >= 11 is 0. The Labute approximate surface area is 146 Å². The fraction of sp³-hybridized carbons (Fsp3) is 0.429. The maximum Gasteiger partial charge on any atom is 0.238 e. The maximum absolute atomic E-state index is 13.2. The number of halogens is 1. The molecule has 4 aliphatic rings. The number of carbonyl (C=O) groups is 2. The quantitative estimate of drug-likeness (QED) is 0.574. The van der Waals surface area contributed by atoms with Crippen molar-refractivity contribution >= 4 is 17.5 Å². The minimum absolute atomic E-state index is 0.0880. The number of hydrogen-bond donors (Lipinski definition) is 0. The lowest BCUT2D eigenvalue weighted by Gasteiger charge is -2.23. The highest BCUT2D eigenvalue weighted by Gasteiger charge is 2.62. The van der Waals surface area contributed by atoms with Crippen molar-refractivity contribution < 1.29 is 14.0 Å². The van der Waals surface area contributed by atoms with E-state index in [0.717, 1.165) is 12.8 Å². The molecule has 2 saturated carbocycles. The summed E-state index contributed by atoms with van der Waals surface area (Å²) in [6, 6.07) is 5.63. The summed E-state index contributed by atoms with van der Waals surface area (Å²) in [4.78, 5) is 27.4. The Kier molecular flexibility index (Phi) is 3.24. The third-order valence-corrected chi connectivity index (χ3v) is 6.37. The summed E-state index contributed by atoms with van der Waals surface area (Å²) < 4.78 is 13.2. The zero-order valence-corrected chi connectivity index (χ0v) is 14.0. The van der Waals surface area contributed by atoms with Gasteiger partial charge >= 0.3 is 0 Å². The Morgan fingerprint density at radius 2 is 1.40 bits per heavy atom. The second-order valence-corrected chi connectivity index (χ2v) is 7.60. The molecule has 0 aromatic heterocycles. The van der Waals surface area contributed by atoms with Crippen LogP contribution in [-0.4, -0.2) is 11.8 Å². The second-order valence-electron chi connectivity index (χ2n) is 7.60. The molecule has 0 radical (unpaired) electrons. The highest BCUT2D eigenvalue weighted by Crippen LogP contribution is 2.58. The number of imide groups is 1. The molecule has 3 fully saturated rings. The fourth-order valence-electron chi connectivity index (χ4n) is 5.35. The first-order valence-electron chi connectivity index (χ1n) is 9.20. The van der Waals surface area contributed by atoms with Gasteiger partial charge in [0.05, 0.1) is 17.5 Å². The van der Waals surface area contributed by atoms with Crippen molar-refractivity contribution in [2.45, 2.75) is 32.1 Å². The van der Waals surface area contributed by atoms with Gasteiger partial charge in [0.15, 0.2) is 0 Å². The molecule has 2 bridgehead atoms. The van der Waals surface area contributed by atoms with Crippen molar-refractivity contribution in [3.8, 4) is 0 Å². The number of allylic oxidation sites excluding steroid dienone is 4. The lowest BCUT2D eigenvalue weighted by molar-refractivity contribution is -0.122. The summed E-state index contributed by atoms with van der Waals surface area (Å²) in [5.74, 6) is -0.960. The van der Waals surface area contributed by atoms with Crippen molar-refractivity contribution in [2.75, 3.05) is 4.90 Å². The third kappa shape index (κ3) is 2.03. The van der Waals surface area contributed by atoms with E-state index in [2.05, 4.69) is 12.2 Å². The number of nitrogens with zero attached hydrogens (tertiary/aromatic N) is 1. The molecule has 4 heteroatoms. The largest absolute Gasteiger partial charge is 0.274 e. The van der Waals surface area contributed by atoms with Crippen molar-refractivity contribution in [3.63, 3.8) is 0 Å². The molecule has 1 aromatic carbocycles. The van der Waals surface area contributed by atoms with Crippen LogP contribution in [0.25, 0.3) is 0 Å². The highest BCUT2D eigenvalue weighted by molar-refractivity contribution is 6.23. The lowest BCUT2D eigenvalue weighted by atomic mass is 9.85. The number of hydrogen-bond acceptors (Lipinski definition) is 2. The van der Waals surface area contributed by atoms with Gasteiger partial charge in [-0.2, -0.15) is 0 Å². The maximum atomic E-state index is 13.2. The van der Waals surface area contributed by atoms with Gasteiger partial charge in [0.25, 0.3) is 0 Å². The van der Waals surface area contributed by atoms with E-state index in [9.17, 15) is 14.0 Å². The first-order valence-corrected chi connectivity index (χ1v) is 9.20. The Bertz CT molecular complexity index is 781. The zero-order chi connectivity index (χ0) is 17.1. The van der Waals surface area contributed by atoms with Crippen LogP contribution in [0.2, 0.25) is 0 Å². The van der Waals surface area contributed by atoms with Gasteiger partial charge in [0.1, 0.15) is 5.82 Å². The summed E-state index contributed by atoms with van der Waals surface area (Å²) in [5, 5.41) is 0. The van der Waals surface area contributed by atoms with Gasteiger partial charge in [-0.25, -0.2) is 9.29 Å². The average molecular weight is 337 g/mol. The first-order chi connectivity index (χ1) is 12.2. The van der Waals surface area contributed by atoms with Gasteiger partial charge in [-0.1, -0.05) is 29.7 Å². The molecule has 3 nitrogen and oxygen atoms in total. The second kappa shape index (κ2) is 5.38. The molecule has 5 rings (SSSR count). The van der Waals surface area contributed by atoms with Gasteiger partial charge < -0.3 is 0 Å². The predicted octanol–water partition coefficient (Wildman–Crippen LogP) is 4.01. The van der Waals surface area contributed by atoms with Crippen LogP contribution in [0.5, 0.6) is 0 Å². The molecule has 1 aliphatic heterocycles. The van der Waals surface area contributed by atoms with Crippen LogP contribution in [0, 0.1) is 29.5 Å². The molecule has 1 saturated heterocycles. The van der Waals surface area contributed by atoms with Crippen molar-refractivity contribution in [1.82, 2.24) is 0 Å². The van der Waals surface area contributed by atoms with E-state index in [1.165, 1.54) is 59.6 Å². The highest BCUT2D eigenvalue weighted by atomic mass is 19.1. The van der Waals surface area contributed by atoms with Crippen molar-refractivity contribution in [3.05, 3.63) is 53.4 Å². The van der Waals surface area contributed by atoms with E-state index in [0.29, 0.717) is 5.69 Å². The molecular weight excluding hydrogens is 317 g/mol. The molecule has 25 heavy (non-hydrogen) atoms. The molecule has 1 aromatic rings. The van der Waals surface area contributed by atoms with Crippen molar-refractivity contribution in [1.29, 1.82) is 0 Å². The number of rotatable bonds is 1. The molecule has 3 aliphatic carbocycles. The summed E-state index contributed by atoms with van der Waals surface area (Å²) in [6.45, 7) is 0. The average Bonchev–Trinajstić information content (AvgIpc) is 3.27. The number of amides is 2. The van der Waals surface area contributed by atoms with E-state index in [1.54, 1.807) is 0 Å². The molecule has 0 unspecified atom stereocenters. The van der Waals surface area contributed by atoms with E-state index >= 15 is 0 Å². The normalized spacial score (nSPS) is 33.6. The van der Waals surface area contributed by atoms with Crippen LogP contribution in [0.4, 0.5) is 10.1 Å². The van der Waals surface area contributed by atoms with E-state index < -0.39 is 0 Å². The van der Waals surface area contributed by atoms with Crippen LogP contribution in [0.15, 0.2) is 47.6 Å². The summed E-state index contributed by atoms with van der Waals surface area (Å²) in [7, 11) is 0. The molecule has 2 amide bonds. The van der Waals surface area contributed by atoms with Crippen LogP contribution < -0.4 is 4.90 Å². The SMILES string of the molecule is O=C1[C@@H]2[C@@H](C(=O)N1c1ccc(F)cc1)[C@@H]1C=C[C@@H]2C1=C1CCCCC1. The third-order valence-electron chi connectivity index (χ3n) is 6.37. The fourth-order valence-corrected chi connectivity index (χ4v) is 5.35. The topological polar surface area (TPSA) is 37.4 Å². The number of anilines is 1. The van der Waals surface area contributed by atoms with Crippen LogP contribution in [0.3, 0.4) is 0 Å². The molecule has 128 valence electrons. The van der Waals surface area contributed by atoms with Crippen molar-refractivity contribution in [2.24, 2.45) is 23.7 Å². The molecular formula is C21H20FNO2. The van der Waals surface area contributed by atoms with Gasteiger partial charge in [-0.05, 0) is 49.9 Å². The Balaban J connectivity index is 1.52. The smallest absolute Gasteiger partial charge is 0.238 e. The van der Waals surface area contributed by atoms with E-state index in [-0.39, 0.29) is 41.3 Å². The first kappa shape index (κ1) is 15.1. The van der Waals surface area contributed by atoms with Gasteiger partial charge in [-0.15, -0.1) is 0 Å². The van der Waals surface area contributed by atoms with Crippen LogP contribution >= 0.6 is 0 Å². The van der Waals surface area contributed by atoms with E-state index in [4.69, 9.17) is 0 Å². The lowest BCUT2D eigenvalue weighted by Crippen LogP contribution is -2.33. The standard InChI is InChI=1S/C21H20FNO2/c22-13-6-8-14(9-7-13)23-20(24)18-15-10-11-16(19(18)21(23)25)17(15)12-4-2-1-3-5-12/h6-11,15-16,18-19H,1-5H2/t15-,16-,18+,19+/m1/s1. The van der Waals surface area contributed by atoms with Gasteiger partial charge in [0, 0.05) is 11.8 Å². The van der Waals surface area contributed by atoms with Gasteiger partial charge in [-0.3, -0.25) is 9.59 Å². The number of carbonyl (C=O) groups excluding carboxylic acids is 2. The molecule has 0 N–H and O–H groups in total. The van der Waals surface area contributed by atoms with Crippen LogP contribution in [-0.2, 0) is 9.59 Å². The summed E-state index contributed by atoms with van der Waals surface area (Å²) in [6.07, 6.45) is 10.2. The minimum Gasteiger partial charge on any atom is -0.274 e.